The van der Waals surface area contributed by atoms with Crippen molar-refractivity contribution in [1.29, 1.82) is 0 Å². The highest BCUT2D eigenvalue weighted by molar-refractivity contribution is 5.74. The number of hydrogen-bond donors (Lipinski definition) is 2. The quantitative estimate of drug-likeness (QED) is 0.744. The molecule has 0 radical (unpaired) electrons. The minimum absolute atomic E-state index is 0.878. The second kappa shape index (κ2) is 5.14. The topological polar surface area (TPSA) is 40.7 Å². The van der Waals surface area contributed by atoms with E-state index in [2.05, 4.69) is 52.5 Å². The molecule has 0 aliphatic heterocycles. The average Bonchev–Trinajstić information content (AvgIpc) is 2.83. The lowest BCUT2D eigenvalue weighted by Gasteiger charge is -2.05. The van der Waals surface area contributed by atoms with Crippen molar-refractivity contribution < 1.29 is 0 Å². The first-order valence-corrected chi connectivity index (χ1v) is 6.55. The van der Waals surface area contributed by atoms with E-state index in [4.69, 9.17) is 0 Å². The number of para-hydroxylation sites is 2. The molecular formula is C16H17N3. The zero-order chi connectivity index (χ0) is 13.1. The molecule has 2 aromatic carbocycles. The SMILES string of the molecule is Cc1ccc(NCCc2nc3ccccc3[nH]2)cc1. The van der Waals surface area contributed by atoms with E-state index in [1.54, 1.807) is 0 Å². The van der Waals surface area contributed by atoms with Crippen molar-refractivity contribution in [2.24, 2.45) is 0 Å². The third-order valence-electron chi connectivity index (χ3n) is 3.18. The molecule has 0 spiro atoms. The van der Waals surface area contributed by atoms with E-state index in [-0.39, 0.29) is 0 Å². The monoisotopic (exact) mass is 251 g/mol. The predicted octanol–water partition coefficient (Wildman–Crippen LogP) is 3.53. The summed E-state index contributed by atoms with van der Waals surface area (Å²) in [5.41, 5.74) is 4.57. The third kappa shape index (κ3) is 2.76. The minimum atomic E-state index is 0.878. The number of fused-ring (bicyclic) bond motifs is 1. The van der Waals surface area contributed by atoms with Crippen molar-refractivity contribution in [2.45, 2.75) is 13.3 Å². The van der Waals surface area contributed by atoms with Gasteiger partial charge in [-0.1, -0.05) is 29.8 Å². The summed E-state index contributed by atoms with van der Waals surface area (Å²) in [6.45, 7) is 2.97. The lowest BCUT2D eigenvalue weighted by atomic mass is 10.2. The molecule has 3 aromatic rings. The van der Waals surface area contributed by atoms with E-state index in [0.717, 1.165) is 35.5 Å². The Bertz CT molecular complexity index is 635. The molecule has 0 saturated carbocycles. The average molecular weight is 251 g/mol. The summed E-state index contributed by atoms with van der Waals surface area (Å²) in [6, 6.07) is 16.6. The van der Waals surface area contributed by atoms with E-state index in [9.17, 15) is 0 Å². The Morgan fingerprint density at radius 2 is 1.84 bits per heavy atom. The summed E-state index contributed by atoms with van der Waals surface area (Å²) in [5, 5.41) is 3.40. The lowest BCUT2D eigenvalue weighted by molar-refractivity contribution is 0.934. The molecule has 3 rings (SSSR count). The van der Waals surface area contributed by atoms with Crippen LogP contribution >= 0.6 is 0 Å². The molecule has 3 nitrogen and oxygen atoms in total. The fraction of sp³-hybridized carbons (Fsp3) is 0.188. The second-order valence-electron chi connectivity index (χ2n) is 4.74. The molecular weight excluding hydrogens is 234 g/mol. The number of nitrogens with one attached hydrogen (secondary N) is 2. The van der Waals surface area contributed by atoms with Gasteiger partial charge in [-0.2, -0.15) is 0 Å². The standard InChI is InChI=1S/C16H17N3/c1-12-6-8-13(9-7-12)17-11-10-16-18-14-4-2-3-5-15(14)19-16/h2-9,17H,10-11H2,1H3,(H,18,19). The summed E-state index contributed by atoms with van der Waals surface area (Å²) in [4.78, 5) is 7.90. The summed E-state index contributed by atoms with van der Waals surface area (Å²) in [7, 11) is 0. The van der Waals surface area contributed by atoms with E-state index in [1.807, 2.05) is 18.2 Å². The van der Waals surface area contributed by atoms with E-state index >= 15 is 0 Å². The molecule has 19 heavy (non-hydrogen) atoms. The maximum Gasteiger partial charge on any atom is 0.108 e. The highest BCUT2D eigenvalue weighted by Gasteiger charge is 2.01. The van der Waals surface area contributed by atoms with Crippen molar-refractivity contribution in [3.05, 3.63) is 59.9 Å². The number of imidazole rings is 1. The van der Waals surface area contributed by atoms with Gasteiger partial charge in [-0.05, 0) is 31.2 Å². The Balaban J connectivity index is 1.61. The van der Waals surface area contributed by atoms with Crippen LogP contribution in [0.4, 0.5) is 5.69 Å². The molecule has 0 bridgehead atoms. The van der Waals surface area contributed by atoms with E-state index < -0.39 is 0 Å². The Morgan fingerprint density at radius 3 is 2.63 bits per heavy atom. The van der Waals surface area contributed by atoms with Gasteiger partial charge in [0, 0.05) is 18.7 Å². The molecule has 0 saturated heterocycles. The predicted molar refractivity (Wildman–Crippen MR) is 79.5 cm³/mol. The van der Waals surface area contributed by atoms with Gasteiger partial charge >= 0.3 is 0 Å². The maximum atomic E-state index is 4.56. The smallest absolute Gasteiger partial charge is 0.108 e. The normalized spacial score (nSPS) is 10.8. The Morgan fingerprint density at radius 1 is 1.05 bits per heavy atom. The van der Waals surface area contributed by atoms with Gasteiger partial charge in [0.1, 0.15) is 5.82 Å². The van der Waals surface area contributed by atoms with Crippen molar-refractivity contribution in [1.82, 2.24) is 9.97 Å². The van der Waals surface area contributed by atoms with Crippen LogP contribution in [0.1, 0.15) is 11.4 Å². The van der Waals surface area contributed by atoms with Gasteiger partial charge in [0.2, 0.25) is 0 Å². The van der Waals surface area contributed by atoms with Gasteiger partial charge in [0.05, 0.1) is 11.0 Å². The highest BCUT2D eigenvalue weighted by Crippen LogP contribution is 2.11. The molecule has 2 N–H and O–H groups in total. The molecule has 96 valence electrons. The Hall–Kier alpha value is -2.29. The highest BCUT2D eigenvalue weighted by atomic mass is 14.9. The number of hydrogen-bond acceptors (Lipinski definition) is 2. The zero-order valence-electron chi connectivity index (χ0n) is 11.0. The van der Waals surface area contributed by atoms with Crippen LogP contribution in [0, 0.1) is 6.92 Å². The lowest BCUT2D eigenvalue weighted by Crippen LogP contribution is -2.05. The van der Waals surface area contributed by atoms with E-state index in [0.29, 0.717) is 0 Å². The van der Waals surface area contributed by atoms with Crippen molar-refractivity contribution in [3.8, 4) is 0 Å². The van der Waals surface area contributed by atoms with Crippen LogP contribution in [0.25, 0.3) is 11.0 Å². The number of anilines is 1. The minimum Gasteiger partial charge on any atom is -0.385 e. The summed E-state index contributed by atoms with van der Waals surface area (Å²) in [5.74, 6) is 1.03. The van der Waals surface area contributed by atoms with Crippen LogP contribution < -0.4 is 5.32 Å². The fourth-order valence-electron chi connectivity index (χ4n) is 2.12. The molecule has 0 unspecified atom stereocenters. The first-order chi connectivity index (χ1) is 9.31. The van der Waals surface area contributed by atoms with Crippen LogP contribution in [0.2, 0.25) is 0 Å². The first kappa shape index (κ1) is 11.8. The molecule has 1 heterocycles. The molecule has 0 aliphatic carbocycles. The van der Waals surface area contributed by atoms with Crippen molar-refractivity contribution in [3.63, 3.8) is 0 Å². The van der Waals surface area contributed by atoms with Crippen LogP contribution in [0.15, 0.2) is 48.5 Å². The van der Waals surface area contributed by atoms with Crippen LogP contribution in [0.3, 0.4) is 0 Å². The molecule has 0 fully saturated rings. The fourth-order valence-corrected chi connectivity index (χ4v) is 2.12. The first-order valence-electron chi connectivity index (χ1n) is 6.55. The number of aryl methyl sites for hydroxylation is 1. The van der Waals surface area contributed by atoms with E-state index in [1.165, 1.54) is 5.56 Å². The summed E-state index contributed by atoms with van der Waals surface area (Å²) in [6.07, 6.45) is 0.891. The summed E-state index contributed by atoms with van der Waals surface area (Å²) < 4.78 is 0. The van der Waals surface area contributed by atoms with Crippen LogP contribution in [-0.2, 0) is 6.42 Å². The number of rotatable bonds is 4. The molecule has 3 heteroatoms. The number of aromatic nitrogens is 2. The number of nitrogens with zero attached hydrogens (tertiary/aromatic N) is 1. The largest absolute Gasteiger partial charge is 0.385 e. The van der Waals surface area contributed by atoms with Crippen molar-refractivity contribution >= 4 is 16.7 Å². The number of H-pyrrole nitrogens is 1. The molecule has 0 aliphatic rings. The zero-order valence-corrected chi connectivity index (χ0v) is 11.0. The molecule has 1 aromatic heterocycles. The molecule has 0 amide bonds. The van der Waals surface area contributed by atoms with Crippen LogP contribution in [0.5, 0.6) is 0 Å². The van der Waals surface area contributed by atoms with Gasteiger partial charge in [-0.15, -0.1) is 0 Å². The van der Waals surface area contributed by atoms with Gasteiger partial charge in [0.15, 0.2) is 0 Å². The van der Waals surface area contributed by atoms with Crippen molar-refractivity contribution in [2.75, 3.05) is 11.9 Å². The third-order valence-corrected chi connectivity index (χ3v) is 3.18. The number of aromatic amines is 1. The van der Waals surface area contributed by atoms with Crippen LogP contribution in [-0.4, -0.2) is 16.5 Å². The Labute approximate surface area is 112 Å². The second-order valence-corrected chi connectivity index (χ2v) is 4.74. The van der Waals surface area contributed by atoms with Gasteiger partial charge in [-0.25, -0.2) is 4.98 Å². The van der Waals surface area contributed by atoms with Gasteiger partial charge in [-0.3, -0.25) is 0 Å². The van der Waals surface area contributed by atoms with Gasteiger partial charge in [0.25, 0.3) is 0 Å². The molecule has 0 atom stereocenters. The Kier molecular flexibility index (Phi) is 3.19. The maximum absolute atomic E-state index is 4.56. The van der Waals surface area contributed by atoms with Gasteiger partial charge < -0.3 is 10.3 Å². The summed E-state index contributed by atoms with van der Waals surface area (Å²) >= 11 is 0. The number of benzene rings is 2.